The fourth-order valence-corrected chi connectivity index (χ4v) is 6.82. The molecule has 0 aromatic heterocycles. The van der Waals surface area contributed by atoms with Gasteiger partial charge in [0.1, 0.15) is 12.4 Å². The van der Waals surface area contributed by atoms with Gasteiger partial charge in [0, 0.05) is 34.9 Å². The van der Waals surface area contributed by atoms with Gasteiger partial charge in [-0.3, -0.25) is 0 Å². The standard InChI is InChI=1S/C48H52N2O/c1-10-36(6)41-23-21-40(22-24-41)31-51-44-29-47(49(42-15-11-13-32(2)25-42)45-27-34(4)17-19-37(45)7)39(9)48(30-44)50(43-16-12-14-33(3)26-43)46-28-35(5)18-20-38(46)8/h11-30,36H,10,31H2,1-9H3. The van der Waals surface area contributed by atoms with Gasteiger partial charge in [0.2, 0.25) is 0 Å². The van der Waals surface area contributed by atoms with Crippen molar-refractivity contribution in [2.24, 2.45) is 0 Å². The molecule has 6 aromatic rings. The summed E-state index contributed by atoms with van der Waals surface area (Å²) in [5, 5.41) is 0. The van der Waals surface area contributed by atoms with Gasteiger partial charge < -0.3 is 14.5 Å². The number of anilines is 6. The zero-order valence-electron chi connectivity index (χ0n) is 31.8. The van der Waals surface area contributed by atoms with Crippen molar-refractivity contribution in [2.45, 2.75) is 81.3 Å². The summed E-state index contributed by atoms with van der Waals surface area (Å²) in [6.45, 7) is 20.3. The van der Waals surface area contributed by atoms with Crippen LogP contribution in [-0.2, 0) is 6.61 Å². The maximum Gasteiger partial charge on any atom is 0.124 e. The Bertz CT molecular complexity index is 2020. The number of aryl methyl sites for hydroxylation is 6. The highest BCUT2D eigenvalue weighted by atomic mass is 16.5. The minimum atomic E-state index is 0.477. The van der Waals surface area contributed by atoms with E-state index in [9.17, 15) is 0 Å². The first-order valence-corrected chi connectivity index (χ1v) is 18.3. The molecule has 51 heavy (non-hydrogen) atoms. The van der Waals surface area contributed by atoms with Crippen molar-refractivity contribution >= 4 is 34.1 Å². The number of benzene rings is 6. The molecule has 6 aromatic carbocycles. The van der Waals surface area contributed by atoms with E-state index in [1.807, 2.05) is 0 Å². The third-order valence-electron chi connectivity index (χ3n) is 10.1. The summed E-state index contributed by atoms with van der Waals surface area (Å²) < 4.78 is 6.80. The van der Waals surface area contributed by atoms with Crippen LogP contribution in [0.5, 0.6) is 5.75 Å². The lowest BCUT2D eigenvalue weighted by atomic mass is 9.98. The van der Waals surface area contributed by atoms with Crippen LogP contribution < -0.4 is 14.5 Å². The highest BCUT2D eigenvalue weighted by Gasteiger charge is 2.25. The van der Waals surface area contributed by atoms with Crippen molar-refractivity contribution in [1.29, 1.82) is 0 Å². The minimum Gasteiger partial charge on any atom is -0.489 e. The monoisotopic (exact) mass is 672 g/mol. The molecular formula is C48H52N2O. The molecular weight excluding hydrogens is 621 g/mol. The molecule has 6 rings (SSSR count). The molecule has 0 N–H and O–H groups in total. The van der Waals surface area contributed by atoms with Crippen LogP contribution in [0, 0.1) is 48.5 Å². The van der Waals surface area contributed by atoms with Crippen LogP contribution in [0.1, 0.15) is 76.3 Å². The van der Waals surface area contributed by atoms with Crippen molar-refractivity contribution in [2.75, 3.05) is 9.80 Å². The van der Waals surface area contributed by atoms with Gasteiger partial charge >= 0.3 is 0 Å². The fourth-order valence-electron chi connectivity index (χ4n) is 6.82. The first-order valence-electron chi connectivity index (χ1n) is 18.3. The molecule has 0 radical (unpaired) electrons. The van der Waals surface area contributed by atoms with Crippen LogP contribution in [-0.4, -0.2) is 0 Å². The van der Waals surface area contributed by atoms with E-state index in [2.05, 4.69) is 193 Å². The van der Waals surface area contributed by atoms with Crippen LogP contribution >= 0.6 is 0 Å². The molecule has 0 saturated heterocycles. The molecule has 0 aliphatic rings. The highest BCUT2D eigenvalue weighted by molar-refractivity contribution is 5.89. The molecule has 0 amide bonds. The van der Waals surface area contributed by atoms with Crippen LogP contribution in [0.15, 0.2) is 121 Å². The van der Waals surface area contributed by atoms with E-state index in [4.69, 9.17) is 4.74 Å². The zero-order chi connectivity index (χ0) is 36.2. The van der Waals surface area contributed by atoms with Crippen LogP contribution in [0.4, 0.5) is 34.1 Å². The van der Waals surface area contributed by atoms with Gasteiger partial charge in [-0.25, -0.2) is 0 Å². The molecule has 1 atom stereocenters. The summed E-state index contributed by atoms with van der Waals surface area (Å²) in [5.41, 5.74) is 17.7. The van der Waals surface area contributed by atoms with E-state index in [0.717, 1.165) is 57.4 Å². The third-order valence-corrected chi connectivity index (χ3v) is 10.1. The Morgan fingerprint density at radius 3 is 1.43 bits per heavy atom. The molecule has 0 saturated carbocycles. The quantitative estimate of drug-likeness (QED) is 0.136. The van der Waals surface area contributed by atoms with Crippen molar-refractivity contribution in [3.63, 3.8) is 0 Å². The summed E-state index contributed by atoms with van der Waals surface area (Å²) in [7, 11) is 0. The average molecular weight is 673 g/mol. The molecule has 3 nitrogen and oxygen atoms in total. The Hall–Kier alpha value is -5.28. The highest BCUT2D eigenvalue weighted by Crippen LogP contribution is 2.47. The van der Waals surface area contributed by atoms with Crippen molar-refractivity contribution in [1.82, 2.24) is 0 Å². The lowest BCUT2D eigenvalue weighted by Crippen LogP contribution is -2.17. The molecule has 0 spiro atoms. The maximum atomic E-state index is 6.80. The molecule has 0 aliphatic heterocycles. The van der Waals surface area contributed by atoms with Gasteiger partial charge in [-0.05, 0) is 147 Å². The van der Waals surface area contributed by atoms with Gasteiger partial charge in [0.05, 0.1) is 11.4 Å². The second kappa shape index (κ2) is 15.3. The first kappa shape index (κ1) is 35.5. The van der Waals surface area contributed by atoms with Crippen molar-refractivity contribution in [3.05, 3.63) is 171 Å². The maximum absolute atomic E-state index is 6.80. The van der Waals surface area contributed by atoms with Gasteiger partial charge in [-0.1, -0.05) is 86.6 Å². The summed E-state index contributed by atoms with van der Waals surface area (Å²) in [4.78, 5) is 4.83. The second-order valence-corrected chi connectivity index (χ2v) is 14.4. The van der Waals surface area contributed by atoms with E-state index in [0.29, 0.717) is 12.5 Å². The van der Waals surface area contributed by atoms with Crippen LogP contribution in [0.2, 0.25) is 0 Å². The number of hydrogen-bond acceptors (Lipinski definition) is 3. The van der Waals surface area contributed by atoms with E-state index in [1.54, 1.807) is 0 Å². The van der Waals surface area contributed by atoms with E-state index in [-0.39, 0.29) is 0 Å². The second-order valence-electron chi connectivity index (χ2n) is 14.4. The smallest absolute Gasteiger partial charge is 0.124 e. The lowest BCUT2D eigenvalue weighted by molar-refractivity contribution is 0.306. The van der Waals surface area contributed by atoms with E-state index < -0.39 is 0 Å². The largest absolute Gasteiger partial charge is 0.489 e. The first-order chi connectivity index (χ1) is 24.5. The van der Waals surface area contributed by atoms with Crippen molar-refractivity contribution in [3.8, 4) is 5.75 Å². The molecule has 0 aliphatic carbocycles. The Kier molecular flexibility index (Phi) is 10.7. The number of nitrogens with zero attached hydrogens (tertiary/aromatic N) is 2. The number of rotatable bonds is 11. The summed E-state index contributed by atoms with van der Waals surface area (Å²) in [6.07, 6.45) is 1.13. The van der Waals surface area contributed by atoms with Crippen LogP contribution in [0.3, 0.4) is 0 Å². The lowest BCUT2D eigenvalue weighted by Gasteiger charge is -2.34. The molecule has 0 heterocycles. The molecule has 3 heteroatoms. The Labute approximate surface area is 306 Å². The van der Waals surface area contributed by atoms with E-state index in [1.165, 1.54) is 38.9 Å². The summed E-state index contributed by atoms with van der Waals surface area (Å²) >= 11 is 0. The third kappa shape index (κ3) is 7.89. The van der Waals surface area contributed by atoms with Crippen LogP contribution in [0.25, 0.3) is 0 Å². The number of hydrogen-bond donors (Lipinski definition) is 0. The SMILES string of the molecule is CCC(C)c1ccc(COc2cc(N(c3cccc(C)c3)c3cc(C)ccc3C)c(C)c(N(c3cccc(C)c3)c3cc(C)ccc3C)c2)cc1. The predicted molar refractivity (Wildman–Crippen MR) is 218 cm³/mol. The zero-order valence-corrected chi connectivity index (χ0v) is 31.8. The summed E-state index contributed by atoms with van der Waals surface area (Å²) in [6, 6.07) is 44.4. The Morgan fingerprint density at radius 2 is 0.980 bits per heavy atom. The topological polar surface area (TPSA) is 15.7 Å². The Morgan fingerprint density at radius 1 is 0.510 bits per heavy atom. The average Bonchev–Trinajstić information content (AvgIpc) is 3.12. The fraction of sp³-hybridized carbons (Fsp3) is 0.250. The predicted octanol–water partition coefficient (Wildman–Crippen LogP) is 13.9. The minimum absolute atomic E-state index is 0.477. The normalized spacial score (nSPS) is 11.7. The molecule has 1 unspecified atom stereocenters. The molecule has 0 bridgehead atoms. The van der Waals surface area contributed by atoms with Gasteiger partial charge in [0.15, 0.2) is 0 Å². The van der Waals surface area contributed by atoms with Crippen molar-refractivity contribution < 1.29 is 4.74 Å². The van der Waals surface area contributed by atoms with Gasteiger partial charge in [0.25, 0.3) is 0 Å². The molecule has 0 fully saturated rings. The van der Waals surface area contributed by atoms with Gasteiger partial charge in [-0.15, -0.1) is 0 Å². The van der Waals surface area contributed by atoms with Gasteiger partial charge in [-0.2, -0.15) is 0 Å². The molecule has 260 valence electrons. The summed E-state index contributed by atoms with van der Waals surface area (Å²) in [5.74, 6) is 1.36. The van der Waals surface area contributed by atoms with E-state index >= 15 is 0 Å². The number of ether oxygens (including phenoxy) is 1. The Balaban J connectivity index is 1.60.